The van der Waals surface area contributed by atoms with Crippen LogP contribution in [0.5, 0.6) is 5.75 Å². The van der Waals surface area contributed by atoms with Crippen LogP contribution < -0.4 is 10.5 Å². The van der Waals surface area contributed by atoms with Crippen LogP contribution in [0, 0.1) is 12.7 Å². The smallest absolute Gasteiger partial charge is 0.125 e. The van der Waals surface area contributed by atoms with Crippen molar-refractivity contribution in [3.05, 3.63) is 57.8 Å². The fraction of sp³-hybridized carbons (Fsp3) is 0.143. The number of anilines is 1. The highest BCUT2D eigenvalue weighted by Gasteiger charge is 2.03. The van der Waals surface area contributed by atoms with Gasteiger partial charge >= 0.3 is 0 Å². The molecule has 0 aliphatic carbocycles. The van der Waals surface area contributed by atoms with Crippen LogP contribution in [-0.2, 0) is 6.61 Å². The van der Waals surface area contributed by atoms with Gasteiger partial charge in [-0.1, -0.05) is 15.9 Å². The van der Waals surface area contributed by atoms with E-state index in [1.807, 2.05) is 25.1 Å². The fourth-order valence-corrected chi connectivity index (χ4v) is 2.17. The lowest BCUT2D eigenvalue weighted by Crippen LogP contribution is -1.99. The van der Waals surface area contributed by atoms with E-state index in [9.17, 15) is 4.39 Å². The first kappa shape index (κ1) is 12.9. The number of nitrogen functional groups attached to an aromatic ring is 1. The van der Waals surface area contributed by atoms with E-state index in [1.54, 1.807) is 6.07 Å². The van der Waals surface area contributed by atoms with Crippen LogP contribution in [0.25, 0.3) is 0 Å². The Morgan fingerprint density at radius 2 is 2.00 bits per heavy atom. The number of rotatable bonds is 3. The summed E-state index contributed by atoms with van der Waals surface area (Å²) in [5.41, 5.74) is 7.72. The highest BCUT2D eigenvalue weighted by Crippen LogP contribution is 2.23. The number of ether oxygens (including phenoxy) is 1. The third-order valence-electron chi connectivity index (χ3n) is 2.51. The molecule has 0 unspecified atom stereocenters. The molecule has 2 rings (SSSR count). The summed E-state index contributed by atoms with van der Waals surface area (Å²) in [5, 5.41) is 0. The van der Waals surface area contributed by atoms with E-state index in [-0.39, 0.29) is 5.82 Å². The van der Waals surface area contributed by atoms with Gasteiger partial charge in [0.05, 0.1) is 0 Å². The summed E-state index contributed by atoms with van der Waals surface area (Å²) in [5.74, 6) is 0.433. The second kappa shape index (κ2) is 5.40. The van der Waals surface area contributed by atoms with Crippen molar-refractivity contribution in [3.8, 4) is 5.75 Å². The van der Waals surface area contributed by atoms with Crippen molar-refractivity contribution in [3.63, 3.8) is 0 Å². The van der Waals surface area contributed by atoms with Gasteiger partial charge in [0.2, 0.25) is 0 Å². The molecule has 0 atom stereocenters. The maximum absolute atomic E-state index is 13.1. The van der Waals surface area contributed by atoms with Crippen molar-refractivity contribution in [1.29, 1.82) is 0 Å². The zero-order valence-corrected chi connectivity index (χ0v) is 11.5. The topological polar surface area (TPSA) is 35.2 Å². The highest BCUT2D eigenvalue weighted by atomic mass is 79.9. The highest BCUT2D eigenvalue weighted by molar-refractivity contribution is 9.10. The number of hydrogen-bond acceptors (Lipinski definition) is 2. The first-order valence-corrected chi connectivity index (χ1v) is 6.28. The van der Waals surface area contributed by atoms with E-state index in [0.29, 0.717) is 12.3 Å². The Kier molecular flexibility index (Phi) is 3.87. The summed E-state index contributed by atoms with van der Waals surface area (Å²) in [4.78, 5) is 0. The zero-order chi connectivity index (χ0) is 13.1. The van der Waals surface area contributed by atoms with E-state index in [4.69, 9.17) is 10.5 Å². The fourth-order valence-electron chi connectivity index (χ4n) is 1.69. The van der Waals surface area contributed by atoms with Crippen LogP contribution in [0.1, 0.15) is 11.1 Å². The molecular formula is C14H13BrFNO. The van der Waals surface area contributed by atoms with Crippen molar-refractivity contribution >= 4 is 21.6 Å². The molecule has 2 nitrogen and oxygen atoms in total. The Morgan fingerprint density at radius 3 is 2.67 bits per heavy atom. The maximum atomic E-state index is 13.1. The normalized spacial score (nSPS) is 10.4. The van der Waals surface area contributed by atoms with E-state index in [2.05, 4.69) is 15.9 Å². The molecule has 18 heavy (non-hydrogen) atoms. The van der Waals surface area contributed by atoms with Gasteiger partial charge in [-0.05, 0) is 54.4 Å². The minimum atomic E-state index is -0.346. The lowest BCUT2D eigenvalue weighted by molar-refractivity contribution is 0.303. The molecule has 0 fully saturated rings. The molecule has 0 aromatic heterocycles. The van der Waals surface area contributed by atoms with Gasteiger partial charge in [0.15, 0.2) is 0 Å². The molecule has 0 bridgehead atoms. The van der Waals surface area contributed by atoms with Crippen molar-refractivity contribution in [2.45, 2.75) is 13.5 Å². The number of nitrogens with two attached hydrogens (primary N) is 1. The van der Waals surface area contributed by atoms with E-state index < -0.39 is 0 Å². The number of hydrogen-bond donors (Lipinski definition) is 1. The molecule has 0 saturated carbocycles. The van der Waals surface area contributed by atoms with Crippen LogP contribution in [0.2, 0.25) is 0 Å². The van der Waals surface area contributed by atoms with Crippen molar-refractivity contribution in [1.82, 2.24) is 0 Å². The van der Waals surface area contributed by atoms with E-state index in [0.717, 1.165) is 21.3 Å². The molecule has 0 aliphatic rings. The van der Waals surface area contributed by atoms with Crippen LogP contribution in [0.4, 0.5) is 10.1 Å². The Morgan fingerprint density at radius 1 is 1.22 bits per heavy atom. The van der Waals surface area contributed by atoms with Crippen LogP contribution in [-0.4, -0.2) is 0 Å². The van der Waals surface area contributed by atoms with Gasteiger partial charge in [-0.15, -0.1) is 0 Å². The van der Waals surface area contributed by atoms with E-state index >= 15 is 0 Å². The lowest BCUT2D eigenvalue weighted by Gasteiger charge is -2.10. The van der Waals surface area contributed by atoms with Crippen LogP contribution >= 0.6 is 15.9 Å². The predicted molar refractivity (Wildman–Crippen MR) is 74.0 cm³/mol. The Balaban J connectivity index is 2.11. The summed E-state index contributed by atoms with van der Waals surface area (Å²) < 4.78 is 19.8. The van der Waals surface area contributed by atoms with Crippen molar-refractivity contribution < 1.29 is 9.13 Å². The van der Waals surface area contributed by atoms with Crippen molar-refractivity contribution in [2.24, 2.45) is 0 Å². The maximum Gasteiger partial charge on any atom is 0.125 e. The Bertz CT molecular complexity index is 551. The van der Waals surface area contributed by atoms with Gasteiger partial charge in [-0.2, -0.15) is 0 Å². The van der Waals surface area contributed by atoms with Gasteiger partial charge in [-0.3, -0.25) is 0 Å². The lowest BCUT2D eigenvalue weighted by atomic mass is 10.2. The summed E-state index contributed by atoms with van der Waals surface area (Å²) in [6.45, 7) is 2.25. The van der Waals surface area contributed by atoms with Crippen LogP contribution in [0.3, 0.4) is 0 Å². The number of benzene rings is 2. The molecule has 0 radical (unpaired) electrons. The first-order chi connectivity index (χ1) is 8.54. The molecule has 2 aromatic rings. The quantitative estimate of drug-likeness (QED) is 0.868. The van der Waals surface area contributed by atoms with Crippen LogP contribution in [0.15, 0.2) is 40.9 Å². The third-order valence-corrected chi connectivity index (χ3v) is 3.00. The third kappa shape index (κ3) is 3.23. The standard InChI is InChI=1S/C14H13BrFNO/c1-9-4-11(15)2-3-14(9)18-8-10-5-12(16)7-13(17)6-10/h2-7H,8,17H2,1H3. The summed E-state index contributed by atoms with van der Waals surface area (Å²) in [6, 6.07) is 10.2. The summed E-state index contributed by atoms with van der Waals surface area (Å²) in [6.07, 6.45) is 0. The van der Waals surface area contributed by atoms with Gasteiger partial charge in [-0.25, -0.2) is 4.39 Å². The molecule has 94 valence electrons. The molecule has 0 amide bonds. The van der Waals surface area contributed by atoms with Crippen molar-refractivity contribution in [2.75, 3.05) is 5.73 Å². The average molecular weight is 310 g/mol. The number of aryl methyl sites for hydroxylation is 1. The Labute approximate surface area is 114 Å². The molecule has 0 aliphatic heterocycles. The van der Waals surface area contributed by atoms with Gasteiger partial charge < -0.3 is 10.5 Å². The zero-order valence-electron chi connectivity index (χ0n) is 9.91. The SMILES string of the molecule is Cc1cc(Br)ccc1OCc1cc(N)cc(F)c1. The predicted octanol–water partition coefficient (Wildman–Crippen LogP) is 4.06. The van der Waals surface area contributed by atoms with Gasteiger partial charge in [0.25, 0.3) is 0 Å². The molecule has 4 heteroatoms. The molecule has 0 saturated heterocycles. The molecule has 2 N–H and O–H groups in total. The first-order valence-electron chi connectivity index (χ1n) is 5.48. The Hall–Kier alpha value is -1.55. The monoisotopic (exact) mass is 309 g/mol. The number of halogens is 2. The summed E-state index contributed by atoms with van der Waals surface area (Å²) >= 11 is 3.39. The molecule has 0 spiro atoms. The molecule has 0 heterocycles. The second-order valence-electron chi connectivity index (χ2n) is 4.09. The minimum Gasteiger partial charge on any atom is -0.489 e. The van der Waals surface area contributed by atoms with E-state index in [1.165, 1.54) is 12.1 Å². The minimum absolute atomic E-state index is 0.296. The largest absolute Gasteiger partial charge is 0.489 e. The molecule has 2 aromatic carbocycles. The van der Waals surface area contributed by atoms with Gasteiger partial charge in [0, 0.05) is 10.2 Å². The second-order valence-corrected chi connectivity index (χ2v) is 5.01. The van der Waals surface area contributed by atoms with Gasteiger partial charge in [0.1, 0.15) is 18.2 Å². The average Bonchev–Trinajstić information content (AvgIpc) is 2.26. The molecular weight excluding hydrogens is 297 g/mol. The summed E-state index contributed by atoms with van der Waals surface area (Å²) in [7, 11) is 0.